The summed E-state index contributed by atoms with van der Waals surface area (Å²) in [5, 5.41) is 0. The van der Waals surface area contributed by atoms with Crippen LogP contribution >= 0.6 is 0 Å². The molecule has 1 aliphatic rings. The predicted molar refractivity (Wildman–Crippen MR) is 124 cm³/mol. The summed E-state index contributed by atoms with van der Waals surface area (Å²) < 4.78 is 32.7. The monoisotopic (exact) mass is 472 g/mol. The molecule has 0 saturated heterocycles. The maximum absolute atomic E-state index is 12.7. The number of esters is 1. The molecular weight excluding hydrogens is 444 g/mol. The lowest BCUT2D eigenvalue weighted by Gasteiger charge is -2.16. The molecule has 0 radical (unpaired) electrons. The fraction of sp³-hybridized carbons (Fsp3) is 0.375. The van der Waals surface area contributed by atoms with Crippen LogP contribution in [-0.2, 0) is 30.8 Å². The Bertz CT molecular complexity index is 1210. The van der Waals surface area contributed by atoms with E-state index in [0.717, 1.165) is 16.8 Å². The summed E-state index contributed by atoms with van der Waals surface area (Å²) in [5.74, 6) is -1.09. The smallest absolute Gasteiger partial charge is 0.307 e. The summed E-state index contributed by atoms with van der Waals surface area (Å²) >= 11 is 0. The van der Waals surface area contributed by atoms with E-state index in [-0.39, 0.29) is 29.6 Å². The second kappa shape index (κ2) is 9.84. The molecule has 2 aromatic carbocycles. The summed E-state index contributed by atoms with van der Waals surface area (Å²) in [6.45, 7) is 6.91. The predicted octanol–water partition coefficient (Wildman–Crippen LogP) is 2.70. The number of carbonyl (C=O) groups is 3. The Labute approximate surface area is 194 Å². The standard InChI is InChI=1S/C24H28N2O6S/c1-15-5-6-16(2)22(13-15)33(30,31)25-11-9-23(28)32-17(3)24(29)20-7-8-21-19(14-20)10-12-26(21)18(4)27/h5-8,13-14,17,25H,9-12H2,1-4H3/t17-/m1/s1. The first kappa shape index (κ1) is 24.6. The van der Waals surface area contributed by atoms with Gasteiger partial charge in [0, 0.05) is 31.3 Å². The highest BCUT2D eigenvalue weighted by atomic mass is 32.2. The third-order valence-electron chi connectivity index (χ3n) is 5.57. The summed E-state index contributed by atoms with van der Waals surface area (Å²) in [6, 6.07) is 10.2. The molecular formula is C24H28N2O6S. The fourth-order valence-electron chi connectivity index (χ4n) is 3.79. The zero-order chi connectivity index (χ0) is 24.3. The van der Waals surface area contributed by atoms with Crippen molar-refractivity contribution in [1.82, 2.24) is 4.72 Å². The molecule has 3 rings (SSSR count). The van der Waals surface area contributed by atoms with Gasteiger partial charge in [-0.1, -0.05) is 12.1 Å². The number of amides is 1. The van der Waals surface area contributed by atoms with Crippen molar-refractivity contribution in [2.24, 2.45) is 0 Å². The number of nitrogens with one attached hydrogen (secondary N) is 1. The van der Waals surface area contributed by atoms with Gasteiger partial charge < -0.3 is 9.64 Å². The Morgan fingerprint density at radius 3 is 2.55 bits per heavy atom. The van der Waals surface area contributed by atoms with Crippen molar-refractivity contribution in [1.29, 1.82) is 0 Å². The van der Waals surface area contributed by atoms with Gasteiger partial charge in [-0.25, -0.2) is 13.1 Å². The van der Waals surface area contributed by atoms with Crippen molar-refractivity contribution in [3.05, 3.63) is 58.7 Å². The van der Waals surface area contributed by atoms with Gasteiger partial charge in [-0.3, -0.25) is 14.4 Å². The number of sulfonamides is 1. The Balaban J connectivity index is 1.55. The van der Waals surface area contributed by atoms with Gasteiger partial charge in [-0.15, -0.1) is 0 Å². The molecule has 0 bridgehead atoms. The van der Waals surface area contributed by atoms with Crippen LogP contribution in [0.25, 0.3) is 0 Å². The summed E-state index contributed by atoms with van der Waals surface area (Å²) in [4.78, 5) is 38.4. The Hall–Kier alpha value is -3.04. The quantitative estimate of drug-likeness (QED) is 0.467. The van der Waals surface area contributed by atoms with Gasteiger partial charge in [0.1, 0.15) is 0 Å². The highest BCUT2D eigenvalue weighted by Gasteiger charge is 2.26. The van der Waals surface area contributed by atoms with E-state index in [1.807, 2.05) is 6.07 Å². The number of hydrogen-bond acceptors (Lipinski definition) is 6. The largest absolute Gasteiger partial charge is 0.454 e. The molecule has 8 nitrogen and oxygen atoms in total. The molecule has 0 aliphatic carbocycles. The van der Waals surface area contributed by atoms with E-state index in [9.17, 15) is 22.8 Å². The molecule has 0 saturated carbocycles. The van der Waals surface area contributed by atoms with Crippen molar-refractivity contribution in [3.8, 4) is 0 Å². The number of aryl methyl sites for hydroxylation is 2. The number of Topliss-reactive ketones (excluding diaryl/α,β-unsaturated/α-hetero) is 1. The van der Waals surface area contributed by atoms with Crippen LogP contribution in [0.3, 0.4) is 0 Å². The number of rotatable bonds is 8. The topological polar surface area (TPSA) is 110 Å². The second-order valence-corrected chi connectivity index (χ2v) is 9.91. The normalized spacial score (nSPS) is 14.0. The first-order valence-electron chi connectivity index (χ1n) is 10.7. The lowest BCUT2D eigenvalue weighted by molar-refractivity contribution is -0.146. The lowest BCUT2D eigenvalue weighted by atomic mass is 10.0. The van der Waals surface area contributed by atoms with Gasteiger partial charge in [0.25, 0.3) is 0 Å². The molecule has 1 N–H and O–H groups in total. The summed E-state index contributed by atoms with van der Waals surface area (Å²) in [6.07, 6.45) is -0.568. The van der Waals surface area contributed by atoms with E-state index < -0.39 is 22.1 Å². The average Bonchev–Trinajstić information content (AvgIpc) is 3.18. The van der Waals surface area contributed by atoms with E-state index in [0.29, 0.717) is 24.1 Å². The zero-order valence-corrected chi connectivity index (χ0v) is 20.0. The van der Waals surface area contributed by atoms with Gasteiger partial charge >= 0.3 is 5.97 Å². The molecule has 1 atom stereocenters. The fourth-order valence-corrected chi connectivity index (χ4v) is 5.15. The van der Waals surface area contributed by atoms with Crippen molar-refractivity contribution < 1.29 is 27.5 Å². The van der Waals surface area contributed by atoms with E-state index in [1.54, 1.807) is 49.1 Å². The van der Waals surface area contributed by atoms with Crippen LogP contribution in [-0.4, -0.2) is 45.3 Å². The third kappa shape index (κ3) is 5.66. The Kier molecular flexibility index (Phi) is 7.34. The van der Waals surface area contributed by atoms with Crippen LogP contribution in [0.15, 0.2) is 41.3 Å². The van der Waals surface area contributed by atoms with Crippen LogP contribution in [0.1, 0.15) is 47.3 Å². The number of hydrogen-bond donors (Lipinski definition) is 1. The van der Waals surface area contributed by atoms with Crippen LogP contribution in [0, 0.1) is 13.8 Å². The van der Waals surface area contributed by atoms with Gasteiger partial charge in [0.2, 0.25) is 21.7 Å². The Morgan fingerprint density at radius 2 is 1.85 bits per heavy atom. The molecule has 0 aromatic heterocycles. The van der Waals surface area contributed by atoms with Gasteiger partial charge in [0.05, 0.1) is 11.3 Å². The minimum atomic E-state index is -3.77. The van der Waals surface area contributed by atoms with Crippen LogP contribution < -0.4 is 9.62 Å². The number of ketones is 1. The molecule has 0 unspecified atom stereocenters. The molecule has 176 valence electrons. The van der Waals surface area contributed by atoms with Crippen LogP contribution in [0.5, 0.6) is 0 Å². The zero-order valence-electron chi connectivity index (χ0n) is 19.2. The lowest BCUT2D eigenvalue weighted by Crippen LogP contribution is -2.29. The average molecular weight is 473 g/mol. The molecule has 1 aliphatic heterocycles. The summed E-state index contributed by atoms with van der Waals surface area (Å²) in [5.41, 5.74) is 3.51. The van der Waals surface area contributed by atoms with E-state index in [4.69, 9.17) is 4.74 Å². The number of fused-ring (bicyclic) bond motifs is 1. The van der Waals surface area contributed by atoms with Crippen molar-refractivity contribution in [3.63, 3.8) is 0 Å². The third-order valence-corrected chi connectivity index (χ3v) is 7.17. The number of benzene rings is 2. The maximum Gasteiger partial charge on any atom is 0.307 e. The number of anilines is 1. The van der Waals surface area contributed by atoms with Gasteiger partial charge in [-0.05, 0) is 68.1 Å². The van der Waals surface area contributed by atoms with Crippen LogP contribution in [0.2, 0.25) is 0 Å². The first-order valence-corrected chi connectivity index (χ1v) is 12.2. The van der Waals surface area contributed by atoms with Gasteiger partial charge in [-0.2, -0.15) is 0 Å². The van der Waals surface area contributed by atoms with Gasteiger partial charge in [0.15, 0.2) is 6.10 Å². The highest BCUT2D eigenvalue weighted by molar-refractivity contribution is 7.89. The molecule has 0 fully saturated rings. The minimum Gasteiger partial charge on any atom is -0.454 e. The first-order chi connectivity index (χ1) is 15.5. The molecule has 0 spiro atoms. The van der Waals surface area contributed by atoms with Crippen LogP contribution in [0.4, 0.5) is 5.69 Å². The number of ether oxygens (including phenoxy) is 1. The van der Waals surface area contributed by atoms with E-state index in [1.165, 1.54) is 13.8 Å². The second-order valence-electron chi connectivity index (χ2n) is 8.18. The number of nitrogens with zero attached hydrogens (tertiary/aromatic N) is 1. The number of carbonyl (C=O) groups excluding carboxylic acids is 3. The van der Waals surface area contributed by atoms with E-state index in [2.05, 4.69) is 4.72 Å². The highest BCUT2D eigenvalue weighted by Crippen LogP contribution is 2.29. The SMILES string of the molecule is CC(=O)N1CCc2cc(C(=O)[C@@H](C)OC(=O)CCNS(=O)(=O)c3cc(C)ccc3C)ccc21. The molecule has 1 heterocycles. The van der Waals surface area contributed by atoms with Crippen molar-refractivity contribution in [2.75, 3.05) is 18.0 Å². The molecule has 9 heteroatoms. The molecule has 1 amide bonds. The summed E-state index contributed by atoms with van der Waals surface area (Å²) in [7, 11) is -3.77. The maximum atomic E-state index is 12.7. The minimum absolute atomic E-state index is 0.0525. The molecule has 33 heavy (non-hydrogen) atoms. The van der Waals surface area contributed by atoms with E-state index >= 15 is 0 Å². The van der Waals surface area contributed by atoms with Crippen molar-refractivity contribution >= 4 is 33.4 Å². The molecule has 2 aromatic rings. The Morgan fingerprint density at radius 1 is 1.12 bits per heavy atom. The van der Waals surface area contributed by atoms with Crippen molar-refractivity contribution in [2.45, 2.75) is 51.5 Å².